The van der Waals surface area contributed by atoms with Crippen molar-refractivity contribution in [1.82, 2.24) is 0 Å². The van der Waals surface area contributed by atoms with Crippen molar-refractivity contribution in [2.24, 2.45) is 0 Å². The van der Waals surface area contributed by atoms with E-state index in [1.165, 1.54) is 13.8 Å². The monoisotopic (exact) mass is 232 g/mol. The summed E-state index contributed by atoms with van der Waals surface area (Å²) < 4.78 is 5.37. The van der Waals surface area contributed by atoms with Crippen LogP contribution in [0.25, 0.3) is 6.08 Å². The normalized spacial score (nSPS) is 10.5. The summed E-state index contributed by atoms with van der Waals surface area (Å²) in [5.41, 5.74) is 1.44. The Kier molecular flexibility index (Phi) is 4.64. The predicted octanol–water partition coefficient (Wildman–Crippen LogP) is 2.89. The molecule has 0 bridgehead atoms. The van der Waals surface area contributed by atoms with Gasteiger partial charge < -0.3 is 4.74 Å². The molecule has 17 heavy (non-hydrogen) atoms. The van der Waals surface area contributed by atoms with Gasteiger partial charge in [-0.3, -0.25) is 9.59 Å². The van der Waals surface area contributed by atoms with Gasteiger partial charge in [0.15, 0.2) is 11.6 Å². The van der Waals surface area contributed by atoms with E-state index in [1.54, 1.807) is 18.2 Å². The molecule has 0 fully saturated rings. The fourth-order valence-corrected chi connectivity index (χ4v) is 1.39. The molecule has 1 rings (SSSR count). The Morgan fingerprint density at radius 3 is 2.53 bits per heavy atom. The average molecular weight is 232 g/mol. The minimum absolute atomic E-state index is 0.00821. The van der Waals surface area contributed by atoms with Gasteiger partial charge in [0.1, 0.15) is 12.4 Å². The number of ether oxygens (including phenoxy) is 1. The van der Waals surface area contributed by atoms with Gasteiger partial charge in [0.2, 0.25) is 0 Å². The van der Waals surface area contributed by atoms with Gasteiger partial charge in [-0.2, -0.15) is 0 Å². The van der Waals surface area contributed by atoms with Gasteiger partial charge in [-0.15, -0.1) is 0 Å². The molecular formula is C14H16O3. The summed E-state index contributed by atoms with van der Waals surface area (Å²) in [5, 5.41) is 0. The summed E-state index contributed by atoms with van der Waals surface area (Å²) >= 11 is 0. The van der Waals surface area contributed by atoms with E-state index in [2.05, 4.69) is 0 Å². The Labute approximate surface area is 101 Å². The Balaban J connectivity index is 3.03. The molecule has 3 heteroatoms. The van der Waals surface area contributed by atoms with Crippen LogP contribution in [0.15, 0.2) is 24.3 Å². The maximum absolute atomic E-state index is 11.3. The lowest BCUT2D eigenvalue weighted by atomic mass is 10.1. The third kappa shape index (κ3) is 3.87. The van der Waals surface area contributed by atoms with E-state index in [4.69, 9.17) is 4.74 Å². The minimum Gasteiger partial charge on any atom is -0.485 e. The van der Waals surface area contributed by atoms with Crippen molar-refractivity contribution in [2.45, 2.75) is 20.8 Å². The van der Waals surface area contributed by atoms with Crippen LogP contribution in [-0.4, -0.2) is 18.2 Å². The van der Waals surface area contributed by atoms with E-state index in [9.17, 15) is 9.59 Å². The lowest BCUT2D eigenvalue weighted by Gasteiger charge is -2.08. The molecule has 0 amide bonds. The van der Waals surface area contributed by atoms with Crippen LogP contribution in [-0.2, 0) is 4.79 Å². The van der Waals surface area contributed by atoms with Gasteiger partial charge in [-0.25, -0.2) is 0 Å². The van der Waals surface area contributed by atoms with E-state index in [0.717, 1.165) is 5.56 Å². The Hall–Kier alpha value is -1.90. The van der Waals surface area contributed by atoms with E-state index in [0.29, 0.717) is 11.3 Å². The molecule has 1 aromatic rings. The summed E-state index contributed by atoms with van der Waals surface area (Å²) in [7, 11) is 0. The molecule has 0 aliphatic carbocycles. The van der Waals surface area contributed by atoms with Gasteiger partial charge >= 0.3 is 0 Å². The van der Waals surface area contributed by atoms with E-state index in [-0.39, 0.29) is 18.2 Å². The van der Waals surface area contributed by atoms with Gasteiger partial charge in [-0.05, 0) is 39.0 Å². The fourth-order valence-electron chi connectivity index (χ4n) is 1.39. The van der Waals surface area contributed by atoms with Gasteiger partial charge in [0.25, 0.3) is 0 Å². The zero-order chi connectivity index (χ0) is 12.8. The Morgan fingerprint density at radius 1 is 1.29 bits per heavy atom. The number of hydrogen-bond acceptors (Lipinski definition) is 3. The van der Waals surface area contributed by atoms with E-state index in [1.807, 2.05) is 19.1 Å². The number of carbonyl (C=O) groups excluding carboxylic acids is 2. The number of rotatable bonds is 5. The van der Waals surface area contributed by atoms with Crippen LogP contribution in [0.2, 0.25) is 0 Å². The maximum Gasteiger partial charge on any atom is 0.167 e. The lowest BCUT2D eigenvalue weighted by Crippen LogP contribution is -2.07. The first-order valence-corrected chi connectivity index (χ1v) is 5.44. The van der Waals surface area contributed by atoms with Gasteiger partial charge in [-0.1, -0.05) is 12.2 Å². The highest BCUT2D eigenvalue weighted by molar-refractivity contribution is 5.95. The third-order valence-corrected chi connectivity index (χ3v) is 2.19. The number of allylic oxidation sites excluding steroid dienone is 1. The van der Waals surface area contributed by atoms with Crippen molar-refractivity contribution in [3.05, 3.63) is 35.4 Å². The molecule has 0 atom stereocenters. The molecule has 0 radical (unpaired) electrons. The Morgan fingerprint density at radius 2 is 2.00 bits per heavy atom. The van der Waals surface area contributed by atoms with Gasteiger partial charge in [0, 0.05) is 11.1 Å². The summed E-state index contributed by atoms with van der Waals surface area (Å²) in [6.45, 7) is 4.92. The largest absolute Gasteiger partial charge is 0.485 e. The molecule has 0 aliphatic rings. The third-order valence-electron chi connectivity index (χ3n) is 2.19. The SMILES string of the molecule is C/C=C/c1cc(C(C)=O)ccc1OCC(C)=O. The first kappa shape index (κ1) is 13.2. The molecule has 0 spiro atoms. The van der Waals surface area contributed by atoms with Crippen molar-refractivity contribution >= 4 is 17.6 Å². The molecular weight excluding hydrogens is 216 g/mol. The molecule has 1 aromatic carbocycles. The lowest BCUT2D eigenvalue weighted by molar-refractivity contribution is -0.118. The fraction of sp³-hybridized carbons (Fsp3) is 0.286. The number of benzene rings is 1. The van der Waals surface area contributed by atoms with Crippen LogP contribution in [0.1, 0.15) is 36.7 Å². The van der Waals surface area contributed by atoms with E-state index >= 15 is 0 Å². The van der Waals surface area contributed by atoms with Crippen LogP contribution < -0.4 is 4.74 Å². The first-order valence-electron chi connectivity index (χ1n) is 5.44. The Bertz CT molecular complexity index is 459. The maximum atomic E-state index is 11.3. The van der Waals surface area contributed by atoms with Crippen LogP contribution in [0.4, 0.5) is 0 Å². The standard InChI is InChI=1S/C14H16O3/c1-4-5-13-8-12(11(3)16)6-7-14(13)17-9-10(2)15/h4-8H,9H2,1-3H3/b5-4+. The molecule has 0 unspecified atom stereocenters. The zero-order valence-corrected chi connectivity index (χ0v) is 10.3. The number of ketones is 2. The second kappa shape index (κ2) is 5.99. The average Bonchev–Trinajstić information content (AvgIpc) is 2.27. The molecule has 0 aromatic heterocycles. The molecule has 0 saturated carbocycles. The smallest absolute Gasteiger partial charge is 0.167 e. The number of hydrogen-bond donors (Lipinski definition) is 0. The summed E-state index contributed by atoms with van der Waals surface area (Å²) in [6.07, 6.45) is 3.71. The summed E-state index contributed by atoms with van der Waals surface area (Å²) in [4.78, 5) is 22.1. The topological polar surface area (TPSA) is 43.4 Å². The van der Waals surface area contributed by atoms with E-state index < -0.39 is 0 Å². The molecule has 0 aliphatic heterocycles. The molecule has 0 saturated heterocycles. The number of carbonyl (C=O) groups is 2. The summed E-state index contributed by atoms with van der Waals surface area (Å²) in [5.74, 6) is 0.587. The highest BCUT2D eigenvalue weighted by atomic mass is 16.5. The molecule has 3 nitrogen and oxygen atoms in total. The number of Topliss-reactive ketones (excluding diaryl/α,β-unsaturated/α-hetero) is 2. The van der Waals surface area contributed by atoms with Crippen molar-refractivity contribution in [2.75, 3.05) is 6.61 Å². The van der Waals surface area contributed by atoms with Crippen LogP contribution in [0, 0.1) is 0 Å². The second-order valence-corrected chi connectivity index (χ2v) is 3.80. The highest BCUT2D eigenvalue weighted by Crippen LogP contribution is 2.22. The van der Waals surface area contributed by atoms with Crippen LogP contribution in [0.5, 0.6) is 5.75 Å². The predicted molar refractivity (Wildman–Crippen MR) is 67.3 cm³/mol. The van der Waals surface area contributed by atoms with Crippen molar-refractivity contribution in [1.29, 1.82) is 0 Å². The molecule has 0 N–H and O–H groups in total. The highest BCUT2D eigenvalue weighted by Gasteiger charge is 2.06. The molecule has 0 heterocycles. The van der Waals surface area contributed by atoms with Crippen LogP contribution in [0.3, 0.4) is 0 Å². The van der Waals surface area contributed by atoms with Crippen molar-refractivity contribution in [3.8, 4) is 5.75 Å². The first-order chi connectivity index (χ1) is 8.04. The van der Waals surface area contributed by atoms with Crippen molar-refractivity contribution < 1.29 is 14.3 Å². The minimum atomic E-state index is -0.0351. The zero-order valence-electron chi connectivity index (χ0n) is 10.3. The second-order valence-electron chi connectivity index (χ2n) is 3.80. The quantitative estimate of drug-likeness (QED) is 0.733. The summed E-state index contributed by atoms with van der Waals surface area (Å²) in [6, 6.07) is 5.18. The van der Waals surface area contributed by atoms with Gasteiger partial charge in [0.05, 0.1) is 0 Å². The molecule has 90 valence electrons. The van der Waals surface area contributed by atoms with Crippen molar-refractivity contribution in [3.63, 3.8) is 0 Å². The van der Waals surface area contributed by atoms with Crippen LogP contribution >= 0.6 is 0 Å².